The second-order valence-electron chi connectivity index (χ2n) is 6.21. The summed E-state index contributed by atoms with van der Waals surface area (Å²) in [5.41, 5.74) is 0.366. The third kappa shape index (κ3) is 1.96. The third-order valence-corrected chi connectivity index (χ3v) is 4.32. The predicted molar refractivity (Wildman–Crippen MR) is 61.9 cm³/mol. The fraction of sp³-hybridized carbons (Fsp3) is 0.923. The molecule has 0 aromatic heterocycles. The molecule has 0 unspecified atom stereocenters. The number of carbonyl (C=O) groups is 1. The van der Waals surface area contributed by atoms with E-state index in [1.54, 1.807) is 0 Å². The van der Waals surface area contributed by atoms with Gasteiger partial charge in [0.2, 0.25) is 0 Å². The molecule has 0 radical (unpaired) electrons. The van der Waals surface area contributed by atoms with Gasteiger partial charge < -0.3 is 0 Å². The van der Waals surface area contributed by atoms with Crippen molar-refractivity contribution in [1.29, 1.82) is 0 Å². The third-order valence-electron chi connectivity index (χ3n) is 4.32. The van der Waals surface area contributed by atoms with Crippen molar-refractivity contribution < 1.29 is 4.79 Å². The maximum absolute atomic E-state index is 11.9. The highest BCUT2D eigenvalue weighted by molar-refractivity contribution is 5.86. The molecule has 1 saturated heterocycles. The average molecular weight is 209 g/mol. The van der Waals surface area contributed by atoms with Crippen LogP contribution in [0.3, 0.4) is 0 Å². The minimum absolute atomic E-state index is 0.0990. The summed E-state index contributed by atoms with van der Waals surface area (Å²) < 4.78 is 0. The van der Waals surface area contributed by atoms with E-state index in [1.807, 2.05) is 0 Å². The van der Waals surface area contributed by atoms with E-state index in [0.29, 0.717) is 5.78 Å². The topological polar surface area (TPSA) is 20.3 Å². The van der Waals surface area contributed by atoms with Crippen LogP contribution < -0.4 is 0 Å². The molecule has 2 aliphatic rings. The number of nitrogens with zero attached hydrogens (tertiary/aromatic N) is 1. The summed E-state index contributed by atoms with van der Waals surface area (Å²) in [6.45, 7) is 9.01. The van der Waals surface area contributed by atoms with Gasteiger partial charge >= 0.3 is 0 Å². The molecular formula is C13H23NO. The Kier molecular flexibility index (Phi) is 2.66. The van der Waals surface area contributed by atoms with Gasteiger partial charge in [0.25, 0.3) is 0 Å². The lowest BCUT2D eigenvalue weighted by Crippen LogP contribution is -2.50. The Balaban J connectivity index is 2.00. The van der Waals surface area contributed by atoms with Crippen molar-refractivity contribution in [2.75, 3.05) is 13.1 Å². The highest BCUT2D eigenvalue weighted by Gasteiger charge is 2.44. The first-order chi connectivity index (χ1) is 6.94. The molecule has 2 fully saturated rings. The summed E-state index contributed by atoms with van der Waals surface area (Å²) >= 11 is 0. The Morgan fingerprint density at radius 2 is 1.73 bits per heavy atom. The first-order valence-electron chi connectivity index (χ1n) is 6.22. The lowest BCUT2D eigenvalue weighted by molar-refractivity contribution is -0.129. The zero-order chi connectivity index (χ0) is 11.1. The van der Waals surface area contributed by atoms with Crippen LogP contribution in [0.25, 0.3) is 0 Å². The minimum atomic E-state index is 0.0990. The van der Waals surface area contributed by atoms with Gasteiger partial charge in [-0.1, -0.05) is 0 Å². The Morgan fingerprint density at radius 1 is 1.13 bits per heavy atom. The normalized spacial score (nSPS) is 27.5. The van der Waals surface area contributed by atoms with Crippen molar-refractivity contribution in [3.63, 3.8) is 0 Å². The van der Waals surface area contributed by atoms with Gasteiger partial charge in [0.1, 0.15) is 5.78 Å². The molecule has 15 heavy (non-hydrogen) atoms. The lowest BCUT2D eigenvalue weighted by Gasteiger charge is -2.44. The van der Waals surface area contributed by atoms with E-state index in [4.69, 9.17) is 0 Å². The highest BCUT2D eigenvalue weighted by Crippen LogP contribution is 2.44. The summed E-state index contributed by atoms with van der Waals surface area (Å²) in [6, 6.07) is 0. The van der Waals surface area contributed by atoms with Crippen LogP contribution in [0.2, 0.25) is 0 Å². The van der Waals surface area contributed by atoms with Gasteiger partial charge in [0, 0.05) is 17.4 Å². The second kappa shape index (κ2) is 3.58. The molecule has 1 aliphatic carbocycles. The molecule has 0 amide bonds. The van der Waals surface area contributed by atoms with Gasteiger partial charge in [0.05, 0.1) is 0 Å². The van der Waals surface area contributed by atoms with Crippen LogP contribution in [-0.2, 0) is 4.79 Å². The van der Waals surface area contributed by atoms with Crippen LogP contribution in [0.15, 0.2) is 0 Å². The van der Waals surface area contributed by atoms with E-state index in [1.165, 1.54) is 0 Å². The maximum atomic E-state index is 11.9. The quantitative estimate of drug-likeness (QED) is 0.611. The molecule has 86 valence electrons. The molecular weight excluding hydrogens is 186 g/mol. The zero-order valence-electron chi connectivity index (χ0n) is 10.3. The number of carbonyl (C=O) groups excluding carboxylic acids is 1. The van der Waals surface area contributed by atoms with Crippen LogP contribution in [-0.4, -0.2) is 29.3 Å². The van der Waals surface area contributed by atoms with Crippen molar-refractivity contribution >= 4 is 5.78 Å². The van der Waals surface area contributed by atoms with E-state index in [0.717, 1.165) is 45.2 Å². The number of hydrogen-bond acceptors (Lipinski definition) is 2. The zero-order valence-corrected chi connectivity index (χ0v) is 10.3. The number of hydrogen-bond donors (Lipinski definition) is 0. The van der Waals surface area contributed by atoms with Crippen molar-refractivity contribution in [2.24, 2.45) is 5.41 Å². The van der Waals surface area contributed by atoms with Crippen LogP contribution >= 0.6 is 0 Å². The van der Waals surface area contributed by atoms with Crippen molar-refractivity contribution in [1.82, 2.24) is 4.90 Å². The number of Topliss-reactive ketones (excluding diaryl/α,β-unsaturated/α-hetero) is 1. The highest BCUT2D eigenvalue weighted by atomic mass is 16.1. The lowest BCUT2D eigenvalue weighted by atomic mass is 9.75. The molecule has 0 aromatic rings. The maximum Gasteiger partial charge on any atom is 0.139 e. The smallest absolute Gasteiger partial charge is 0.139 e. The Morgan fingerprint density at radius 3 is 2.13 bits per heavy atom. The summed E-state index contributed by atoms with van der Waals surface area (Å²) in [5, 5.41) is 0. The van der Waals surface area contributed by atoms with Crippen molar-refractivity contribution in [2.45, 2.75) is 58.4 Å². The standard InChI is InChI=1S/C13H23NO/c1-12(2,3)14-9-7-13(8-10-14)6-4-5-11(13)15/h4-10H2,1-3H3. The molecule has 0 aromatic carbocycles. The van der Waals surface area contributed by atoms with E-state index >= 15 is 0 Å². The summed E-state index contributed by atoms with van der Waals surface area (Å²) in [4.78, 5) is 14.4. The predicted octanol–water partition coefficient (Wildman–Crippen LogP) is 2.62. The van der Waals surface area contributed by atoms with Crippen LogP contribution in [0.1, 0.15) is 52.9 Å². The van der Waals surface area contributed by atoms with Gasteiger partial charge in [-0.05, 0) is 59.5 Å². The molecule has 0 N–H and O–H groups in total. The van der Waals surface area contributed by atoms with E-state index in [-0.39, 0.29) is 11.0 Å². The summed E-state index contributed by atoms with van der Waals surface area (Å²) in [7, 11) is 0. The Labute approximate surface area is 93.0 Å². The molecule has 0 atom stereocenters. The van der Waals surface area contributed by atoms with Crippen LogP contribution in [0.5, 0.6) is 0 Å². The van der Waals surface area contributed by atoms with Gasteiger partial charge in [-0.15, -0.1) is 0 Å². The summed E-state index contributed by atoms with van der Waals surface area (Å²) in [5.74, 6) is 0.552. The van der Waals surface area contributed by atoms with Gasteiger partial charge in [0.15, 0.2) is 0 Å². The number of likely N-dealkylation sites (tertiary alicyclic amines) is 1. The molecule has 1 heterocycles. The van der Waals surface area contributed by atoms with E-state index in [9.17, 15) is 4.79 Å². The first-order valence-corrected chi connectivity index (χ1v) is 6.22. The molecule has 2 rings (SSSR count). The van der Waals surface area contributed by atoms with E-state index in [2.05, 4.69) is 25.7 Å². The molecule has 0 bridgehead atoms. The summed E-state index contributed by atoms with van der Waals surface area (Å²) in [6.07, 6.45) is 5.33. The Hall–Kier alpha value is -0.370. The minimum Gasteiger partial charge on any atom is -0.299 e. The fourth-order valence-electron chi connectivity index (χ4n) is 3.13. The molecule has 2 heteroatoms. The number of piperidine rings is 1. The largest absolute Gasteiger partial charge is 0.299 e. The van der Waals surface area contributed by atoms with E-state index < -0.39 is 0 Å². The number of rotatable bonds is 0. The molecule has 2 nitrogen and oxygen atoms in total. The van der Waals surface area contributed by atoms with Crippen molar-refractivity contribution in [3.05, 3.63) is 0 Å². The monoisotopic (exact) mass is 209 g/mol. The number of ketones is 1. The first kappa shape index (κ1) is 11.1. The van der Waals surface area contributed by atoms with Crippen molar-refractivity contribution in [3.8, 4) is 0 Å². The average Bonchev–Trinajstić information content (AvgIpc) is 2.48. The fourth-order valence-corrected chi connectivity index (χ4v) is 3.13. The molecule has 1 aliphatic heterocycles. The molecule has 1 spiro atoms. The second-order valence-corrected chi connectivity index (χ2v) is 6.21. The Bertz CT molecular complexity index is 256. The van der Waals surface area contributed by atoms with Gasteiger partial charge in [-0.3, -0.25) is 9.69 Å². The SMILES string of the molecule is CC(C)(C)N1CCC2(CCCC2=O)CC1. The van der Waals surface area contributed by atoms with Crippen LogP contribution in [0.4, 0.5) is 0 Å². The van der Waals surface area contributed by atoms with Gasteiger partial charge in [-0.2, -0.15) is 0 Å². The molecule has 1 saturated carbocycles. The van der Waals surface area contributed by atoms with Gasteiger partial charge in [-0.25, -0.2) is 0 Å². The van der Waals surface area contributed by atoms with Crippen LogP contribution in [0, 0.1) is 5.41 Å².